The maximum Gasteiger partial charge on any atom is 0.268 e. The van der Waals surface area contributed by atoms with Gasteiger partial charge in [-0.05, 0) is 35.8 Å². The Hall–Kier alpha value is -2.87. The van der Waals surface area contributed by atoms with Crippen LogP contribution in [-0.2, 0) is 14.4 Å². The molecule has 0 saturated carbocycles. The van der Waals surface area contributed by atoms with Crippen molar-refractivity contribution in [2.45, 2.75) is 66.6 Å². The predicted octanol–water partition coefficient (Wildman–Crippen LogP) is 3.50. The number of carbonyl (C=O) groups is 4. The van der Waals surface area contributed by atoms with Crippen LogP contribution in [0.2, 0.25) is 0 Å². The first kappa shape index (κ1) is 27.7. The number of carbonyl (C=O) groups excluding carboxylic acids is 4. The van der Waals surface area contributed by atoms with Crippen molar-refractivity contribution in [3.8, 4) is 0 Å². The van der Waals surface area contributed by atoms with Gasteiger partial charge in [-0.3, -0.25) is 19.2 Å². The van der Waals surface area contributed by atoms with Crippen molar-refractivity contribution >= 4 is 46.0 Å². The number of H-pyrrole nitrogens is 1. The van der Waals surface area contributed by atoms with Crippen LogP contribution in [0.5, 0.6) is 0 Å². The standard InChI is InChI=1S/C27H37ClN4O4/c1-15-14-32(22(27(15,6)7)24(35)29-16(2)20(33)13-28)25(36)21(26(3,4)5)31-23(34)19-12-17-10-8-9-11-18(17)30-19/h8-12,15-16,21-22,30H,13-14H2,1-7H3,(H,29,35)(H,31,34)/t15-,16?,21-,22-/m1/s1. The quantitative estimate of drug-likeness (QED) is 0.489. The van der Waals surface area contributed by atoms with Crippen LogP contribution >= 0.6 is 11.6 Å². The van der Waals surface area contributed by atoms with Gasteiger partial charge < -0.3 is 20.5 Å². The fourth-order valence-electron chi connectivity index (χ4n) is 4.71. The van der Waals surface area contributed by atoms with Crippen LogP contribution in [0.3, 0.4) is 0 Å². The molecule has 0 spiro atoms. The first-order chi connectivity index (χ1) is 16.7. The Morgan fingerprint density at radius 1 is 1.17 bits per heavy atom. The van der Waals surface area contributed by atoms with Gasteiger partial charge in [0.1, 0.15) is 17.8 Å². The number of para-hydroxylation sites is 1. The van der Waals surface area contributed by atoms with Gasteiger partial charge in [-0.15, -0.1) is 11.6 Å². The van der Waals surface area contributed by atoms with E-state index >= 15 is 0 Å². The molecule has 1 aliphatic rings. The number of Topliss-reactive ketones (excluding diaryl/α,β-unsaturated/α-hetero) is 1. The zero-order valence-corrected chi connectivity index (χ0v) is 22.8. The van der Waals surface area contributed by atoms with Gasteiger partial charge in [-0.25, -0.2) is 0 Å². The molecule has 1 fully saturated rings. The highest BCUT2D eigenvalue weighted by Gasteiger charge is 2.53. The average Bonchev–Trinajstić information content (AvgIpc) is 3.33. The third-order valence-electron chi connectivity index (χ3n) is 7.42. The molecule has 0 aliphatic carbocycles. The topological polar surface area (TPSA) is 111 Å². The minimum absolute atomic E-state index is 0.0151. The van der Waals surface area contributed by atoms with Crippen LogP contribution in [-0.4, -0.2) is 63.9 Å². The minimum Gasteiger partial charge on any atom is -0.351 e. The van der Waals surface area contributed by atoms with Crippen LogP contribution in [0.1, 0.15) is 59.0 Å². The van der Waals surface area contributed by atoms with Gasteiger partial charge in [0.2, 0.25) is 11.8 Å². The summed E-state index contributed by atoms with van der Waals surface area (Å²) in [6.07, 6.45) is 0. The fraction of sp³-hybridized carbons (Fsp3) is 0.556. The van der Waals surface area contributed by atoms with E-state index in [1.807, 2.05) is 65.8 Å². The summed E-state index contributed by atoms with van der Waals surface area (Å²) in [7, 11) is 0. The van der Waals surface area contributed by atoms with E-state index in [1.165, 1.54) is 0 Å². The van der Waals surface area contributed by atoms with Gasteiger partial charge in [0.05, 0.1) is 11.9 Å². The summed E-state index contributed by atoms with van der Waals surface area (Å²) in [4.78, 5) is 57.2. The summed E-state index contributed by atoms with van der Waals surface area (Å²) in [5, 5.41) is 6.55. The lowest BCUT2D eigenvalue weighted by Gasteiger charge is -2.38. The third kappa shape index (κ3) is 5.43. The van der Waals surface area contributed by atoms with E-state index in [9.17, 15) is 19.2 Å². The van der Waals surface area contributed by atoms with Gasteiger partial charge in [0.25, 0.3) is 5.91 Å². The summed E-state index contributed by atoms with van der Waals surface area (Å²) in [5.74, 6) is -1.63. The Morgan fingerprint density at radius 3 is 2.39 bits per heavy atom. The van der Waals surface area contributed by atoms with Crippen molar-refractivity contribution in [3.63, 3.8) is 0 Å². The molecule has 3 N–H and O–H groups in total. The second-order valence-electron chi connectivity index (χ2n) is 11.5. The van der Waals surface area contributed by atoms with Crippen LogP contribution in [0, 0.1) is 16.7 Å². The van der Waals surface area contributed by atoms with Crippen molar-refractivity contribution in [2.75, 3.05) is 12.4 Å². The molecule has 1 aliphatic heterocycles. The average molecular weight is 517 g/mol. The number of likely N-dealkylation sites (tertiary alicyclic amines) is 1. The molecule has 1 aromatic carbocycles. The molecular weight excluding hydrogens is 480 g/mol. The van der Waals surface area contributed by atoms with Gasteiger partial charge in [-0.1, -0.05) is 59.7 Å². The summed E-state index contributed by atoms with van der Waals surface area (Å²) in [6, 6.07) is 6.86. The Labute approximate surface area is 217 Å². The maximum absolute atomic E-state index is 14.0. The van der Waals surface area contributed by atoms with E-state index in [1.54, 1.807) is 17.9 Å². The highest BCUT2D eigenvalue weighted by atomic mass is 35.5. The number of rotatable bonds is 7. The lowest BCUT2D eigenvalue weighted by molar-refractivity contribution is -0.144. The Morgan fingerprint density at radius 2 is 1.81 bits per heavy atom. The molecule has 9 heteroatoms. The molecule has 2 aromatic rings. The Kier molecular flexibility index (Phi) is 7.89. The van der Waals surface area contributed by atoms with Crippen LogP contribution in [0.25, 0.3) is 10.9 Å². The van der Waals surface area contributed by atoms with E-state index in [0.717, 1.165) is 10.9 Å². The lowest BCUT2D eigenvalue weighted by Crippen LogP contribution is -2.60. The summed E-state index contributed by atoms with van der Waals surface area (Å²) in [6.45, 7) is 13.5. The highest BCUT2D eigenvalue weighted by molar-refractivity contribution is 6.28. The van der Waals surface area contributed by atoms with Crippen LogP contribution in [0.4, 0.5) is 0 Å². The number of aromatic amines is 1. The molecule has 1 saturated heterocycles. The van der Waals surface area contributed by atoms with Crippen LogP contribution in [0.15, 0.2) is 30.3 Å². The van der Waals surface area contributed by atoms with Gasteiger partial charge >= 0.3 is 0 Å². The van der Waals surface area contributed by atoms with Crippen molar-refractivity contribution in [1.29, 1.82) is 0 Å². The molecule has 0 bridgehead atoms. The van der Waals surface area contributed by atoms with Crippen molar-refractivity contribution in [3.05, 3.63) is 36.0 Å². The molecule has 0 radical (unpaired) electrons. The number of aromatic nitrogens is 1. The number of benzene rings is 1. The zero-order valence-electron chi connectivity index (χ0n) is 22.1. The fourth-order valence-corrected chi connectivity index (χ4v) is 4.94. The third-order valence-corrected chi connectivity index (χ3v) is 7.69. The van der Waals surface area contributed by atoms with Gasteiger partial charge in [-0.2, -0.15) is 0 Å². The molecule has 3 rings (SSSR count). The molecule has 196 valence electrons. The number of alkyl halides is 1. The van der Waals surface area contributed by atoms with Gasteiger partial charge in [0, 0.05) is 17.4 Å². The van der Waals surface area contributed by atoms with Crippen LogP contribution < -0.4 is 10.6 Å². The van der Waals surface area contributed by atoms with Gasteiger partial charge in [0.15, 0.2) is 5.78 Å². The number of ketones is 1. The molecule has 36 heavy (non-hydrogen) atoms. The first-order valence-electron chi connectivity index (χ1n) is 12.3. The normalized spacial score (nSPS) is 21.2. The number of amides is 3. The number of hydrogen-bond acceptors (Lipinski definition) is 4. The molecule has 1 aromatic heterocycles. The SMILES string of the molecule is CC(NC(=O)[C@H]1N(C(=O)[C@@H](NC(=O)c2cc3ccccc3[nH]2)C(C)(C)C)C[C@@H](C)C1(C)C)C(=O)CCl. The second kappa shape index (κ2) is 10.2. The number of nitrogens with zero attached hydrogens (tertiary/aromatic N) is 1. The number of fused-ring (bicyclic) bond motifs is 1. The van der Waals surface area contributed by atoms with Crippen molar-refractivity contribution < 1.29 is 19.2 Å². The summed E-state index contributed by atoms with van der Waals surface area (Å²) < 4.78 is 0. The second-order valence-corrected chi connectivity index (χ2v) is 11.8. The number of hydrogen-bond donors (Lipinski definition) is 3. The first-order valence-corrected chi connectivity index (χ1v) is 12.8. The van der Waals surface area contributed by atoms with E-state index in [0.29, 0.717) is 12.2 Å². The Bertz CT molecular complexity index is 1130. The maximum atomic E-state index is 14.0. The van der Waals surface area contributed by atoms with E-state index in [-0.39, 0.29) is 23.5 Å². The van der Waals surface area contributed by atoms with E-state index in [2.05, 4.69) is 15.6 Å². The molecular formula is C27H37ClN4O4. The molecule has 2 heterocycles. The molecule has 8 nitrogen and oxygen atoms in total. The summed E-state index contributed by atoms with van der Waals surface area (Å²) >= 11 is 5.66. The smallest absolute Gasteiger partial charge is 0.268 e. The van der Waals surface area contributed by atoms with E-state index < -0.39 is 40.8 Å². The molecule has 1 unspecified atom stereocenters. The van der Waals surface area contributed by atoms with Crippen molar-refractivity contribution in [2.24, 2.45) is 16.7 Å². The Balaban J connectivity index is 1.89. The molecule has 4 atom stereocenters. The van der Waals surface area contributed by atoms with Crippen molar-refractivity contribution in [1.82, 2.24) is 20.5 Å². The zero-order chi connectivity index (χ0) is 27.0. The minimum atomic E-state index is -0.880. The van der Waals surface area contributed by atoms with E-state index in [4.69, 9.17) is 11.6 Å². The molecule has 3 amide bonds. The number of nitrogens with one attached hydrogen (secondary N) is 3. The number of halogens is 1. The summed E-state index contributed by atoms with van der Waals surface area (Å²) in [5.41, 5.74) is 0.00917. The largest absolute Gasteiger partial charge is 0.351 e. The monoisotopic (exact) mass is 516 g/mol. The lowest BCUT2D eigenvalue weighted by atomic mass is 9.77. The predicted molar refractivity (Wildman–Crippen MR) is 141 cm³/mol. The highest BCUT2D eigenvalue weighted by Crippen LogP contribution is 2.42.